The standard InChI is InChI=1S/C36H60N2O6.C35H58N6O7.CH4/c1-11-24(5)33(37(8)36(42)28(12-2)23(3)4)31(43-9)22-32(40)38-20-16-19-29(38)35(44-10)26(7)30(39)21-25(6)34(41)27-17-14-13-15-18-27;1-23(2)30(40-31(44)13-9-7-8-12-29(43)21-36)19-16-27(11-10-20-38-34(37)46)33(45)39-28-17-14-26(15-18-28)22-48-35(47)41(6)32(24(3)4)25(5)42;/h13-15,17-18,23-26,28-29,31,33-35,41H,11-12,16,19-22H2,1-10H3;14-15,17-18,23-24,27,30,32H,7-13,16,19-22,36H2,1-6H3,(H,39,45)(H,40,44)(H3,37,38,46);1H4/t24-,25-,26-,28-,29-,31+,33-,34+,35+;27-,30-,32?;/m01./s1. The number of urea groups is 1. The van der Waals surface area contributed by atoms with Crippen molar-refractivity contribution in [2.45, 2.75) is 236 Å². The van der Waals surface area contributed by atoms with Gasteiger partial charge in [0.2, 0.25) is 23.6 Å². The van der Waals surface area contributed by atoms with Gasteiger partial charge in [0, 0.05) is 90.1 Å². The first kappa shape index (κ1) is 84.7. The molecular weight excluding hydrogens is 1180 g/mol. The largest absolute Gasteiger partial charge is 0.445 e. The van der Waals surface area contributed by atoms with Gasteiger partial charge >= 0.3 is 12.1 Å². The van der Waals surface area contributed by atoms with Crippen molar-refractivity contribution in [3.05, 3.63) is 65.7 Å². The highest BCUT2D eigenvalue weighted by Crippen LogP contribution is 2.33. The van der Waals surface area contributed by atoms with Crippen molar-refractivity contribution in [3.8, 4) is 0 Å². The molecule has 2 aromatic carbocycles. The van der Waals surface area contributed by atoms with E-state index in [4.69, 9.17) is 25.7 Å². The van der Waals surface area contributed by atoms with Gasteiger partial charge in [-0.05, 0) is 118 Å². The number of Topliss-reactive ketones (excluding diaryl/α,β-unsaturated/α-hetero) is 3. The first-order chi connectivity index (χ1) is 43.5. The molecule has 0 spiro atoms. The number of unbranched alkanes of at least 4 members (excludes halogenated alkanes) is 2. The molecule has 0 bridgehead atoms. The Bertz CT molecular complexity index is 2570. The molecule has 0 aliphatic carbocycles. The van der Waals surface area contributed by atoms with Crippen LogP contribution in [0.25, 0.3) is 0 Å². The summed E-state index contributed by atoms with van der Waals surface area (Å²) in [4.78, 5) is 119. The van der Waals surface area contributed by atoms with E-state index in [9.17, 15) is 48.3 Å². The molecule has 1 aliphatic rings. The third-order valence-electron chi connectivity index (χ3n) is 18.4. The predicted octanol–water partition coefficient (Wildman–Crippen LogP) is 10.8. The molecule has 3 rings (SSSR count). The van der Waals surface area contributed by atoms with Crippen molar-refractivity contribution in [2.75, 3.05) is 53.3 Å². The summed E-state index contributed by atoms with van der Waals surface area (Å²) < 4.78 is 17.3. The number of benzene rings is 2. The molecule has 21 nitrogen and oxygen atoms in total. The minimum absolute atomic E-state index is 0. The Kier molecular flexibility index (Phi) is 40.4. The number of nitrogens with zero attached hydrogens (tertiary/aromatic N) is 3. The van der Waals surface area contributed by atoms with Crippen molar-refractivity contribution in [3.63, 3.8) is 0 Å². The van der Waals surface area contributed by atoms with Crippen molar-refractivity contribution in [2.24, 2.45) is 58.8 Å². The first-order valence-electron chi connectivity index (χ1n) is 33.7. The molecular formula is C72H122N8O13. The lowest BCUT2D eigenvalue weighted by molar-refractivity contribution is -0.148. The molecule has 93 heavy (non-hydrogen) atoms. The third-order valence-corrected chi connectivity index (χ3v) is 18.4. The molecule has 7 amide bonds. The molecule has 2 aromatic rings. The van der Waals surface area contributed by atoms with Crippen LogP contribution in [0.1, 0.15) is 204 Å². The first-order valence-corrected chi connectivity index (χ1v) is 33.7. The van der Waals surface area contributed by atoms with E-state index in [1.165, 1.54) is 11.8 Å². The van der Waals surface area contributed by atoms with E-state index in [2.05, 4.69) is 43.6 Å². The number of primary amides is 1. The average molecular weight is 1310 g/mol. The number of aliphatic hydroxyl groups excluding tert-OH is 1. The Morgan fingerprint density at radius 2 is 1.38 bits per heavy atom. The Balaban J connectivity index is 0.000000923. The number of hydrogen-bond acceptors (Lipinski definition) is 14. The second-order valence-electron chi connectivity index (χ2n) is 26.4. The second-order valence-corrected chi connectivity index (χ2v) is 26.4. The maximum atomic E-state index is 13.9. The molecule has 1 heterocycles. The molecule has 1 aliphatic heterocycles. The maximum absolute atomic E-state index is 13.9. The predicted molar refractivity (Wildman–Crippen MR) is 367 cm³/mol. The van der Waals surface area contributed by atoms with Gasteiger partial charge in [0.05, 0.1) is 49.4 Å². The van der Waals surface area contributed by atoms with Gasteiger partial charge in [0.15, 0.2) is 5.78 Å². The second kappa shape index (κ2) is 44.4. The van der Waals surface area contributed by atoms with Gasteiger partial charge in [0.1, 0.15) is 18.2 Å². The van der Waals surface area contributed by atoms with Gasteiger partial charge in [-0.1, -0.05) is 139 Å². The van der Waals surface area contributed by atoms with E-state index in [-0.39, 0.29) is 134 Å². The molecule has 12 atom stereocenters. The quantitative estimate of drug-likeness (QED) is 0.0338. The Morgan fingerprint density at radius 1 is 0.742 bits per heavy atom. The fraction of sp³-hybridized carbons (Fsp3) is 0.708. The number of aliphatic hydroxyl groups is 1. The Hall–Kier alpha value is -6.29. The van der Waals surface area contributed by atoms with Crippen LogP contribution in [0, 0.1) is 47.3 Å². The number of amides is 7. The van der Waals surface area contributed by atoms with Crippen LogP contribution in [0.15, 0.2) is 54.6 Å². The summed E-state index contributed by atoms with van der Waals surface area (Å²) in [6.07, 6.45) is 6.46. The number of carbonyl (C=O) groups is 9. The zero-order valence-electron chi connectivity index (χ0n) is 58.6. The van der Waals surface area contributed by atoms with Crippen LogP contribution in [0.4, 0.5) is 15.3 Å². The number of rotatable bonds is 41. The van der Waals surface area contributed by atoms with Crippen LogP contribution < -0.4 is 27.4 Å². The number of likely N-dealkylation sites (tertiary alicyclic amines) is 1. The highest BCUT2D eigenvalue weighted by molar-refractivity contribution is 5.92. The number of carbonyl (C=O) groups excluding carboxylic acids is 9. The summed E-state index contributed by atoms with van der Waals surface area (Å²) in [5.41, 5.74) is 12.6. The Labute approximate surface area is 558 Å². The molecule has 0 aromatic heterocycles. The van der Waals surface area contributed by atoms with E-state index >= 15 is 0 Å². The normalized spacial score (nSPS) is 16.5. The lowest BCUT2D eigenvalue weighted by atomic mass is 9.85. The number of hydrogen-bond donors (Lipinski definition) is 6. The average Bonchev–Trinajstić information content (AvgIpc) is 1.80. The van der Waals surface area contributed by atoms with Crippen molar-refractivity contribution >= 4 is 58.8 Å². The van der Waals surface area contributed by atoms with Crippen LogP contribution >= 0.6 is 0 Å². The smallest absolute Gasteiger partial charge is 0.410 e. The molecule has 8 N–H and O–H groups in total. The number of methoxy groups -OCH3 is 2. The lowest BCUT2D eigenvalue weighted by Crippen LogP contribution is -2.54. The van der Waals surface area contributed by atoms with Crippen LogP contribution in [0.5, 0.6) is 0 Å². The molecule has 0 saturated carbocycles. The zero-order chi connectivity index (χ0) is 69.4. The summed E-state index contributed by atoms with van der Waals surface area (Å²) in [5, 5.41) is 19.5. The van der Waals surface area contributed by atoms with E-state index in [0.29, 0.717) is 75.7 Å². The molecule has 528 valence electrons. The summed E-state index contributed by atoms with van der Waals surface area (Å²) >= 11 is 0. The molecule has 1 saturated heterocycles. The van der Waals surface area contributed by atoms with Crippen LogP contribution in [-0.2, 0) is 54.4 Å². The van der Waals surface area contributed by atoms with Crippen LogP contribution in [0.3, 0.4) is 0 Å². The highest BCUT2D eigenvalue weighted by atomic mass is 16.6. The lowest BCUT2D eigenvalue weighted by Gasteiger charge is -2.40. The van der Waals surface area contributed by atoms with Crippen molar-refractivity contribution in [1.82, 2.24) is 25.3 Å². The molecule has 1 unspecified atom stereocenters. The minimum Gasteiger partial charge on any atom is -0.445 e. The van der Waals surface area contributed by atoms with Crippen molar-refractivity contribution in [1.29, 1.82) is 0 Å². The van der Waals surface area contributed by atoms with Crippen molar-refractivity contribution < 1.29 is 62.5 Å². The number of anilines is 1. The maximum Gasteiger partial charge on any atom is 0.410 e. The fourth-order valence-corrected chi connectivity index (χ4v) is 12.7. The third kappa shape index (κ3) is 28.7. The number of nitrogens with two attached hydrogens (primary N) is 2. The monoisotopic (exact) mass is 1310 g/mol. The number of ether oxygens (including phenoxy) is 3. The van der Waals surface area contributed by atoms with Gasteiger partial charge in [-0.25, -0.2) is 9.59 Å². The van der Waals surface area contributed by atoms with Gasteiger partial charge in [-0.2, -0.15) is 0 Å². The van der Waals surface area contributed by atoms with E-state index in [1.807, 2.05) is 95.6 Å². The number of nitrogens with one attached hydrogen (secondary N) is 3. The zero-order valence-corrected chi connectivity index (χ0v) is 58.6. The molecule has 0 radical (unpaired) electrons. The van der Waals surface area contributed by atoms with Crippen LogP contribution in [0.2, 0.25) is 0 Å². The number of likely N-dealkylation sites (N-methyl/N-ethyl adjacent to an activating group) is 2. The fourth-order valence-electron chi connectivity index (χ4n) is 12.7. The van der Waals surface area contributed by atoms with E-state index < -0.39 is 42.4 Å². The number of ketones is 3. The van der Waals surface area contributed by atoms with Gasteiger partial charge in [-0.3, -0.25) is 33.6 Å². The summed E-state index contributed by atoms with van der Waals surface area (Å²) in [5.74, 6) is -0.967. The van der Waals surface area contributed by atoms with Gasteiger partial charge in [-0.15, -0.1) is 0 Å². The highest BCUT2D eigenvalue weighted by Gasteiger charge is 2.43. The summed E-state index contributed by atoms with van der Waals surface area (Å²) in [6, 6.07) is 14.6. The Morgan fingerprint density at radius 3 is 1.91 bits per heavy atom. The van der Waals surface area contributed by atoms with Gasteiger partial charge in [0.25, 0.3) is 0 Å². The summed E-state index contributed by atoms with van der Waals surface area (Å²) in [7, 11) is 6.62. The topological polar surface area (TPSA) is 299 Å². The van der Waals surface area contributed by atoms with E-state index in [0.717, 1.165) is 37.7 Å². The van der Waals surface area contributed by atoms with Crippen LogP contribution in [-0.4, -0.2) is 157 Å². The molecule has 1 fully saturated rings. The van der Waals surface area contributed by atoms with Gasteiger partial charge < -0.3 is 61.4 Å². The SMILES string of the molecule is C.CC(=O)C(C(C)C)N(C)C(=O)OCc1ccc(NC(=O)[C@H](CCCNC(N)=O)CC[C@@H](NC(=O)CCCCCC(=O)CN)C(C)C)cc1.CC[C@H](C(=O)N(C)[C@@H]([C@@H](C)CC)[C@@H](CC(=O)N1CCC[C@H]1[C@H](OC)[C@@H](C)C(=O)C[C@H](C)[C@@H](O)c1ccccc1)OC)C(C)C. The summed E-state index contributed by atoms with van der Waals surface area (Å²) in [6.45, 7) is 24.4. The minimum atomic E-state index is -0.736. The molecule has 21 heteroatoms. The van der Waals surface area contributed by atoms with E-state index in [1.54, 1.807) is 45.5 Å².